The summed E-state index contributed by atoms with van der Waals surface area (Å²) in [5, 5.41) is 0.674. The van der Waals surface area contributed by atoms with Gasteiger partial charge in [-0.1, -0.05) is 6.07 Å². The second-order valence-corrected chi connectivity index (χ2v) is 5.52. The monoisotopic (exact) mass is 260 g/mol. The summed E-state index contributed by atoms with van der Waals surface area (Å²) >= 11 is 5.45. The first-order valence-electron chi connectivity index (χ1n) is 6.31. The lowest BCUT2D eigenvalue weighted by Gasteiger charge is -2.19. The van der Waals surface area contributed by atoms with Crippen LogP contribution in [0.2, 0.25) is 0 Å². The molecular weight excluding hydrogens is 244 g/mol. The van der Waals surface area contributed by atoms with Crippen LogP contribution in [0.3, 0.4) is 0 Å². The number of benzene rings is 1. The predicted octanol–water partition coefficient (Wildman–Crippen LogP) is 2.40. The van der Waals surface area contributed by atoms with Crippen molar-refractivity contribution >= 4 is 28.9 Å². The zero-order valence-electron chi connectivity index (χ0n) is 10.6. The molecule has 0 N–H and O–H groups in total. The van der Waals surface area contributed by atoms with Crippen molar-refractivity contribution in [1.82, 2.24) is 4.90 Å². The molecule has 94 valence electrons. The van der Waals surface area contributed by atoms with E-state index in [0.717, 1.165) is 36.2 Å². The summed E-state index contributed by atoms with van der Waals surface area (Å²) in [6.07, 6.45) is 2.00. The van der Waals surface area contributed by atoms with Gasteiger partial charge in [0.1, 0.15) is 6.04 Å². The Kier molecular flexibility index (Phi) is 2.63. The summed E-state index contributed by atoms with van der Waals surface area (Å²) in [7, 11) is 0. The van der Waals surface area contributed by atoms with Crippen LogP contribution in [0.1, 0.15) is 24.0 Å². The quantitative estimate of drug-likeness (QED) is 0.724. The molecule has 3 rings (SSSR count). The molecule has 0 spiro atoms. The molecule has 1 atom stereocenters. The largest absolute Gasteiger partial charge is 0.336 e. The van der Waals surface area contributed by atoms with Crippen molar-refractivity contribution in [3.8, 4) is 0 Å². The Morgan fingerprint density at radius 3 is 2.50 bits per heavy atom. The SMILES string of the molecule is Cc1cc(C)cc(N2C(=O)[C@@H]3CCCN3C2=S)c1. The van der Waals surface area contributed by atoms with Crippen molar-refractivity contribution in [3.05, 3.63) is 29.3 Å². The highest BCUT2D eigenvalue weighted by atomic mass is 32.1. The van der Waals surface area contributed by atoms with Crippen LogP contribution in [0, 0.1) is 13.8 Å². The Bertz CT molecular complexity index is 498. The standard InChI is InChI=1S/C14H16N2OS/c1-9-6-10(2)8-11(7-9)16-13(17)12-4-3-5-15(12)14(16)18/h6-8,12H,3-5H2,1-2H3/t12-/m0/s1. The summed E-state index contributed by atoms with van der Waals surface area (Å²) in [6, 6.07) is 6.14. The number of fused-ring (bicyclic) bond motifs is 1. The Morgan fingerprint density at radius 2 is 1.89 bits per heavy atom. The lowest BCUT2D eigenvalue weighted by atomic mass is 10.1. The summed E-state index contributed by atoms with van der Waals surface area (Å²) in [4.78, 5) is 16.2. The third-order valence-electron chi connectivity index (χ3n) is 3.66. The third-order valence-corrected chi connectivity index (χ3v) is 4.08. The highest BCUT2D eigenvalue weighted by Crippen LogP contribution is 2.32. The van der Waals surface area contributed by atoms with Crippen LogP contribution in [-0.4, -0.2) is 28.5 Å². The summed E-state index contributed by atoms with van der Waals surface area (Å²) in [6.45, 7) is 5.00. The summed E-state index contributed by atoms with van der Waals surface area (Å²) in [5.41, 5.74) is 3.23. The molecular formula is C14H16N2OS. The van der Waals surface area contributed by atoms with E-state index in [0.29, 0.717) is 5.11 Å². The maximum atomic E-state index is 12.4. The van der Waals surface area contributed by atoms with Crippen LogP contribution in [-0.2, 0) is 4.79 Å². The molecule has 2 fully saturated rings. The highest BCUT2D eigenvalue weighted by Gasteiger charge is 2.45. The summed E-state index contributed by atoms with van der Waals surface area (Å²) in [5.74, 6) is 0.141. The molecule has 1 aromatic carbocycles. The Labute approximate surface area is 112 Å². The zero-order chi connectivity index (χ0) is 12.9. The fourth-order valence-corrected chi connectivity index (χ4v) is 3.36. The molecule has 0 bridgehead atoms. The molecule has 2 aliphatic rings. The van der Waals surface area contributed by atoms with E-state index >= 15 is 0 Å². The minimum Gasteiger partial charge on any atom is -0.336 e. The lowest BCUT2D eigenvalue weighted by molar-refractivity contribution is -0.119. The highest BCUT2D eigenvalue weighted by molar-refractivity contribution is 7.80. The van der Waals surface area contributed by atoms with Crippen LogP contribution in [0.4, 0.5) is 5.69 Å². The second kappa shape index (κ2) is 4.05. The first-order valence-corrected chi connectivity index (χ1v) is 6.71. The van der Waals surface area contributed by atoms with Gasteiger partial charge in [0.05, 0.1) is 5.69 Å². The number of carbonyl (C=O) groups excluding carboxylic acids is 1. The van der Waals surface area contributed by atoms with E-state index in [1.165, 1.54) is 0 Å². The van der Waals surface area contributed by atoms with Gasteiger partial charge in [-0.05, 0) is 62.2 Å². The molecule has 0 radical (unpaired) electrons. The molecule has 2 aliphatic heterocycles. The molecule has 1 aromatic rings. The van der Waals surface area contributed by atoms with Crippen LogP contribution in [0.15, 0.2) is 18.2 Å². The topological polar surface area (TPSA) is 23.6 Å². The smallest absolute Gasteiger partial charge is 0.256 e. The van der Waals surface area contributed by atoms with Crippen molar-refractivity contribution in [2.75, 3.05) is 11.4 Å². The zero-order valence-corrected chi connectivity index (χ0v) is 11.5. The Morgan fingerprint density at radius 1 is 1.22 bits per heavy atom. The van der Waals surface area contributed by atoms with Crippen molar-refractivity contribution in [2.45, 2.75) is 32.7 Å². The minimum atomic E-state index is -0.0154. The normalized spacial score (nSPS) is 22.9. The molecule has 0 saturated carbocycles. The number of anilines is 1. The van der Waals surface area contributed by atoms with Crippen LogP contribution >= 0.6 is 12.2 Å². The van der Waals surface area contributed by atoms with E-state index in [2.05, 4.69) is 11.0 Å². The fraction of sp³-hybridized carbons (Fsp3) is 0.429. The number of amides is 1. The third kappa shape index (κ3) is 1.63. The number of nitrogens with zero attached hydrogens (tertiary/aromatic N) is 2. The first kappa shape index (κ1) is 11.7. The number of carbonyl (C=O) groups is 1. The van der Waals surface area contributed by atoms with Gasteiger partial charge in [0.25, 0.3) is 5.91 Å². The summed E-state index contributed by atoms with van der Waals surface area (Å²) < 4.78 is 0. The van der Waals surface area contributed by atoms with Crippen molar-refractivity contribution < 1.29 is 4.79 Å². The van der Waals surface area contributed by atoms with E-state index in [4.69, 9.17) is 12.2 Å². The molecule has 3 nitrogen and oxygen atoms in total. The van der Waals surface area contributed by atoms with Crippen molar-refractivity contribution in [2.24, 2.45) is 0 Å². The van der Waals surface area contributed by atoms with Crippen LogP contribution < -0.4 is 4.90 Å². The van der Waals surface area contributed by atoms with Gasteiger partial charge in [0.15, 0.2) is 5.11 Å². The van der Waals surface area contributed by atoms with Gasteiger partial charge in [-0.2, -0.15) is 0 Å². The molecule has 18 heavy (non-hydrogen) atoms. The van der Waals surface area contributed by atoms with E-state index in [9.17, 15) is 4.79 Å². The average molecular weight is 260 g/mol. The Hall–Kier alpha value is -1.42. The van der Waals surface area contributed by atoms with Gasteiger partial charge < -0.3 is 4.90 Å². The number of hydrogen-bond acceptors (Lipinski definition) is 2. The molecule has 0 unspecified atom stereocenters. The van der Waals surface area contributed by atoms with Crippen molar-refractivity contribution in [1.29, 1.82) is 0 Å². The second-order valence-electron chi connectivity index (χ2n) is 5.15. The van der Waals surface area contributed by atoms with E-state index in [1.807, 2.05) is 26.0 Å². The average Bonchev–Trinajstić information content (AvgIpc) is 2.83. The minimum absolute atomic E-state index is 0.0154. The van der Waals surface area contributed by atoms with Crippen molar-refractivity contribution in [3.63, 3.8) is 0 Å². The van der Waals surface area contributed by atoms with Gasteiger partial charge in [-0.25, -0.2) is 0 Å². The van der Waals surface area contributed by atoms with Gasteiger partial charge in [-0.3, -0.25) is 9.69 Å². The van der Waals surface area contributed by atoms with Gasteiger partial charge in [-0.15, -0.1) is 0 Å². The molecule has 0 aliphatic carbocycles. The molecule has 4 heteroatoms. The lowest BCUT2D eigenvalue weighted by Crippen LogP contribution is -2.32. The van der Waals surface area contributed by atoms with Crippen LogP contribution in [0.5, 0.6) is 0 Å². The number of rotatable bonds is 1. The first-order chi connectivity index (χ1) is 8.58. The number of hydrogen-bond donors (Lipinski definition) is 0. The predicted molar refractivity (Wildman–Crippen MR) is 75.7 cm³/mol. The van der Waals surface area contributed by atoms with Gasteiger partial charge >= 0.3 is 0 Å². The fourth-order valence-electron chi connectivity index (χ4n) is 2.94. The van der Waals surface area contributed by atoms with Crippen LogP contribution in [0.25, 0.3) is 0 Å². The Balaban J connectivity index is 2.02. The number of thiocarbonyl (C=S) groups is 1. The molecule has 2 saturated heterocycles. The molecule has 0 aromatic heterocycles. The van der Waals surface area contributed by atoms with Gasteiger partial charge in [0, 0.05) is 6.54 Å². The maximum absolute atomic E-state index is 12.4. The van der Waals surface area contributed by atoms with E-state index < -0.39 is 0 Å². The molecule has 1 amide bonds. The van der Waals surface area contributed by atoms with Gasteiger partial charge in [0.2, 0.25) is 0 Å². The maximum Gasteiger partial charge on any atom is 0.256 e. The van der Waals surface area contributed by atoms with E-state index in [-0.39, 0.29) is 11.9 Å². The van der Waals surface area contributed by atoms with E-state index in [1.54, 1.807) is 4.90 Å². The molecule has 2 heterocycles. The number of aryl methyl sites for hydroxylation is 2.